The zero-order valence-electron chi connectivity index (χ0n) is 34.0. The molecule has 4 fully saturated rings. The van der Waals surface area contributed by atoms with Crippen molar-refractivity contribution in [2.24, 2.45) is 0 Å². The molecule has 5 aromatic rings. The van der Waals surface area contributed by atoms with Crippen molar-refractivity contribution >= 4 is 39.8 Å². The number of hydrogen-bond donors (Lipinski definition) is 3. The summed E-state index contributed by atoms with van der Waals surface area (Å²) in [4.78, 5) is 42.6. The second-order valence-electron chi connectivity index (χ2n) is 17.8. The van der Waals surface area contributed by atoms with E-state index < -0.39 is 40.9 Å². The van der Waals surface area contributed by atoms with Crippen LogP contribution in [0.4, 0.5) is 14.5 Å². The molecule has 2 atom stereocenters. The average molecular weight is 818 g/mol. The fourth-order valence-corrected chi connectivity index (χ4v) is 10.1. The minimum absolute atomic E-state index is 0.0630. The number of anilines is 1. The van der Waals surface area contributed by atoms with E-state index in [-0.39, 0.29) is 30.4 Å². The predicted molar refractivity (Wildman–Crippen MR) is 219 cm³/mol. The molecular formula is C45H49F2N9O4. The molecule has 0 unspecified atom stereocenters. The third kappa shape index (κ3) is 7.45. The van der Waals surface area contributed by atoms with E-state index in [1.807, 2.05) is 23.0 Å². The number of nitriles is 1. The van der Waals surface area contributed by atoms with Gasteiger partial charge in [0, 0.05) is 72.6 Å². The topological polar surface area (TPSA) is 161 Å². The van der Waals surface area contributed by atoms with Crippen LogP contribution >= 0.6 is 0 Å². The Morgan fingerprint density at radius 2 is 1.72 bits per heavy atom. The molecule has 0 bridgehead atoms. The molecule has 9 rings (SSSR count). The smallest absolute Gasteiger partial charge is 0.274 e. The van der Waals surface area contributed by atoms with E-state index in [9.17, 15) is 24.8 Å². The van der Waals surface area contributed by atoms with Gasteiger partial charge in [0.05, 0.1) is 40.4 Å². The SMILES string of the molecule is C[C@@H]1CN(C2CC(c3cc(F)c([C@H]4CCC(=O)NC4=O)c(F)c3)C2)CCN1C1CCC(n2cc3cc(NC(=O)c4ccc5cc(C#N)cnn45)c(C(C)(C)O)cc3n2)CC1. The molecule has 5 heterocycles. The third-order valence-corrected chi connectivity index (χ3v) is 13.4. The van der Waals surface area contributed by atoms with Crippen LogP contribution in [0.3, 0.4) is 0 Å². The van der Waals surface area contributed by atoms with E-state index in [2.05, 4.69) is 38.5 Å². The Hall–Kier alpha value is -5.56. The molecule has 2 aliphatic carbocycles. The Morgan fingerprint density at radius 3 is 2.40 bits per heavy atom. The molecule has 4 aliphatic rings. The summed E-state index contributed by atoms with van der Waals surface area (Å²) in [5.74, 6) is -3.80. The van der Waals surface area contributed by atoms with Gasteiger partial charge in [-0.15, -0.1) is 0 Å². The molecule has 312 valence electrons. The molecule has 3 aromatic heterocycles. The maximum absolute atomic E-state index is 15.2. The molecule has 0 radical (unpaired) electrons. The van der Waals surface area contributed by atoms with Gasteiger partial charge in [-0.2, -0.15) is 15.5 Å². The number of aliphatic hydroxyl groups is 1. The van der Waals surface area contributed by atoms with Crippen LogP contribution in [0.5, 0.6) is 0 Å². The number of halogens is 2. The van der Waals surface area contributed by atoms with E-state index in [0.29, 0.717) is 51.7 Å². The monoisotopic (exact) mass is 817 g/mol. The highest BCUT2D eigenvalue weighted by Crippen LogP contribution is 2.43. The first-order chi connectivity index (χ1) is 28.7. The number of carbonyl (C=O) groups is 3. The van der Waals surface area contributed by atoms with Gasteiger partial charge >= 0.3 is 0 Å². The molecule has 13 nitrogen and oxygen atoms in total. The van der Waals surface area contributed by atoms with Crippen molar-refractivity contribution in [3.8, 4) is 6.07 Å². The fourth-order valence-electron chi connectivity index (χ4n) is 10.1. The molecule has 3 amide bonds. The van der Waals surface area contributed by atoms with Crippen molar-refractivity contribution in [2.75, 3.05) is 25.0 Å². The summed E-state index contributed by atoms with van der Waals surface area (Å²) >= 11 is 0. The van der Waals surface area contributed by atoms with Crippen LogP contribution in [-0.4, -0.2) is 89.8 Å². The predicted octanol–water partition coefficient (Wildman–Crippen LogP) is 6.27. The van der Waals surface area contributed by atoms with Crippen molar-refractivity contribution in [3.63, 3.8) is 0 Å². The first-order valence-electron chi connectivity index (χ1n) is 21.0. The standard InChI is InChI=1S/C45H49F2N9O4/c1-25-23-53(33-15-27(16-33)28-17-36(46)42(37(47)18-28)34-9-11-41(57)51-43(34)58)12-13-54(25)30-4-6-31(7-5-30)55-24-29-19-39(35(45(2,3)60)20-38(29)52-55)50-44(59)40-10-8-32-14-26(21-48)22-49-56(32)40/h8,10,14,17-20,22,24-25,27,30-31,33-34,60H,4-7,9,11-13,15-16,23H2,1-3H3,(H,50,59)(H,51,57,58)/t25-,27?,30?,31?,33?,34-/m1/s1. The van der Waals surface area contributed by atoms with Gasteiger partial charge in [-0.05, 0) is 120 Å². The number of rotatable bonds is 8. The Morgan fingerprint density at radius 1 is 0.983 bits per heavy atom. The van der Waals surface area contributed by atoms with Gasteiger partial charge in [0.2, 0.25) is 11.8 Å². The van der Waals surface area contributed by atoms with E-state index in [0.717, 1.165) is 69.1 Å². The van der Waals surface area contributed by atoms with Gasteiger partial charge in [0.25, 0.3) is 5.91 Å². The summed E-state index contributed by atoms with van der Waals surface area (Å²) in [7, 11) is 0. The van der Waals surface area contributed by atoms with Crippen LogP contribution in [0.25, 0.3) is 16.4 Å². The van der Waals surface area contributed by atoms with Crippen LogP contribution in [0, 0.1) is 23.0 Å². The number of fused-ring (bicyclic) bond motifs is 2. The third-order valence-electron chi connectivity index (χ3n) is 13.4. The first-order valence-corrected chi connectivity index (χ1v) is 21.0. The lowest BCUT2D eigenvalue weighted by Gasteiger charge is -2.51. The summed E-state index contributed by atoms with van der Waals surface area (Å²) in [6, 6.07) is 15.0. The molecule has 2 aromatic carbocycles. The van der Waals surface area contributed by atoms with Crippen molar-refractivity contribution in [3.05, 3.63) is 94.4 Å². The van der Waals surface area contributed by atoms with Crippen molar-refractivity contribution < 1.29 is 28.3 Å². The lowest BCUT2D eigenvalue weighted by atomic mass is 9.74. The quantitative estimate of drug-likeness (QED) is 0.153. The number of nitrogens with one attached hydrogen (secondary N) is 2. The number of piperidine rings is 1. The van der Waals surface area contributed by atoms with E-state index in [1.54, 1.807) is 32.0 Å². The number of aromatic nitrogens is 4. The molecule has 0 spiro atoms. The van der Waals surface area contributed by atoms with E-state index in [1.165, 1.54) is 22.8 Å². The fraction of sp³-hybridized carbons (Fsp3) is 0.467. The number of piperazine rings is 1. The zero-order chi connectivity index (χ0) is 42.0. The minimum Gasteiger partial charge on any atom is -0.386 e. The van der Waals surface area contributed by atoms with Crippen LogP contribution in [0.15, 0.2) is 54.9 Å². The molecule has 2 saturated heterocycles. The number of amides is 3. The molecule has 15 heteroatoms. The second-order valence-corrected chi connectivity index (χ2v) is 17.8. The molecule has 2 saturated carbocycles. The lowest BCUT2D eigenvalue weighted by Crippen LogP contribution is -2.59. The molecule has 60 heavy (non-hydrogen) atoms. The van der Waals surface area contributed by atoms with Crippen LogP contribution in [0.1, 0.15) is 123 Å². The highest BCUT2D eigenvalue weighted by molar-refractivity contribution is 6.05. The number of carbonyl (C=O) groups excluding carboxylic acids is 3. The largest absolute Gasteiger partial charge is 0.386 e. The Labute approximate surface area is 346 Å². The maximum Gasteiger partial charge on any atom is 0.274 e. The number of hydrogen-bond acceptors (Lipinski definition) is 9. The highest BCUT2D eigenvalue weighted by atomic mass is 19.1. The Balaban J connectivity index is 0.801. The van der Waals surface area contributed by atoms with Crippen LogP contribution in [0.2, 0.25) is 0 Å². The summed E-state index contributed by atoms with van der Waals surface area (Å²) < 4.78 is 34.0. The first kappa shape index (κ1) is 39.9. The van der Waals surface area contributed by atoms with Crippen LogP contribution in [-0.2, 0) is 15.2 Å². The maximum atomic E-state index is 15.2. The van der Waals surface area contributed by atoms with E-state index in [4.69, 9.17) is 5.10 Å². The second kappa shape index (κ2) is 15.5. The van der Waals surface area contributed by atoms with Gasteiger partial charge in [0.1, 0.15) is 23.4 Å². The van der Waals surface area contributed by atoms with Crippen molar-refractivity contribution in [1.82, 2.24) is 34.5 Å². The van der Waals surface area contributed by atoms with Gasteiger partial charge in [0.15, 0.2) is 0 Å². The van der Waals surface area contributed by atoms with Crippen molar-refractivity contribution in [2.45, 2.75) is 114 Å². The van der Waals surface area contributed by atoms with Crippen LogP contribution < -0.4 is 10.6 Å². The molecule has 3 N–H and O–H groups in total. The number of benzene rings is 2. The van der Waals surface area contributed by atoms with Gasteiger partial charge < -0.3 is 10.4 Å². The van der Waals surface area contributed by atoms with Gasteiger partial charge in [-0.25, -0.2) is 13.3 Å². The minimum atomic E-state index is -1.26. The number of imide groups is 1. The summed E-state index contributed by atoms with van der Waals surface area (Å²) in [5, 5.41) is 35.7. The molecular weight excluding hydrogens is 769 g/mol. The summed E-state index contributed by atoms with van der Waals surface area (Å²) in [6.07, 6.45) is 9.36. The summed E-state index contributed by atoms with van der Waals surface area (Å²) in [5.41, 5.74) is 2.24. The van der Waals surface area contributed by atoms with Gasteiger partial charge in [-0.1, -0.05) is 0 Å². The normalized spacial score (nSPS) is 25.6. The van der Waals surface area contributed by atoms with E-state index >= 15 is 8.78 Å². The highest BCUT2D eigenvalue weighted by Gasteiger charge is 2.41. The molecule has 2 aliphatic heterocycles. The average Bonchev–Trinajstić information content (AvgIpc) is 3.81. The van der Waals surface area contributed by atoms with Crippen molar-refractivity contribution in [1.29, 1.82) is 5.26 Å². The lowest BCUT2D eigenvalue weighted by molar-refractivity contribution is -0.134. The summed E-state index contributed by atoms with van der Waals surface area (Å²) in [6.45, 7) is 8.52. The Bertz CT molecular complexity index is 2540. The Kier molecular flexibility index (Phi) is 10.3. The number of nitrogens with zero attached hydrogens (tertiary/aromatic N) is 7. The van der Waals surface area contributed by atoms with Gasteiger partial charge in [-0.3, -0.25) is 34.2 Å². The zero-order valence-corrected chi connectivity index (χ0v) is 34.0.